The normalized spacial score (nSPS) is 19.6. The number of fused-ring (bicyclic) bond motifs is 2. The highest BCUT2D eigenvalue weighted by atomic mass is 16.6. The van der Waals surface area contributed by atoms with E-state index in [-0.39, 0.29) is 24.0 Å². The van der Waals surface area contributed by atoms with Crippen LogP contribution in [0.1, 0.15) is 87.0 Å². The summed E-state index contributed by atoms with van der Waals surface area (Å²) < 4.78 is 10.8. The van der Waals surface area contributed by atoms with Gasteiger partial charge in [0.15, 0.2) is 6.10 Å². The molecule has 2 unspecified atom stereocenters. The van der Waals surface area contributed by atoms with Crippen LogP contribution in [0.5, 0.6) is 0 Å². The first-order chi connectivity index (χ1) is 22.5. The van der Waals surface area contributed by atoms with Crippen LogP contribution in [0, 0.1) is 0 Å². The molecule has 0 radical (unpaired) electrons. The van der Waals surface area contributed by atoms with Gasteiger partial charge in [-0.05, 0) is 82.9 Å². The number of aliphatic hydroxyl groups excluding tert-OH is 2. The summed E-state index contributed by atoms with van der Waals surface area (Å²) in [6.45, 7) is 13.2. The lowest BCUT2D eigenvalue weighted by atomic mass is 9.96. The van der Waals surface area contributed by atoms with Gasteiger partial charge < -0.3 is 40.1 Å². The number of nitrogens with one attached hydrogen (secondary N) is 2. The fraction of sp³-hybridized carbons (Fsp3) is 0.457. The number of aliphatic hydroxyl groups is 2. The maximum atomic E-state index is 12.1. The number of anilines is 2. The molecule has 0 aromatic heterocycles. The van der Waals surface area contributed by atoms with Crippen LogP contribution in [0.2, 0.25) is 0 Å². The molecule has 4 N–H and O–H groups in total. The molecular formula is C35H44N4O9. The Bertz CT molecular complexity index is 1640. The van der Waals surface area contributed by atoms with Gasteiger partial charge in [-0.3, -0.25) is 14.4 Å². The molecule has 0 aliphatic carbocycles. The van der Waals surface area contributed by atoms with E-state index in [1.807, 2.05) is 59.8 Å². The quantitative estimate of drug-likeness (QED) is 0.338. The van der Waals surface area contributed by atoms with Gasteiger partial charge in [-0.25, -0.2) is 9.59 Å². The zero-order valence-corrected chi connectivity index (χ0v) is 28.4. The van der Waals surface area contributed by atoms with Crippen molar-refractivity contribution in [1.82, 2.24) is 9.80 Å². The van der Waals surface area contributed by atoms with Gasteiger partial charge in [-0.1, -0.05) is 24.3 Å². The second-order valence-corrected chi connectivity index (χ2v) is 13.8. The molecule has 0 bridgehead atoms. The molecule has 13 nitrogen and oxygen atoms in total. The van der Waals surface area contributed by atoms with Crippen LogP contribution in [0.4, 0.5) is 21.0 Å². The molecule has 13 heteroatoms. The number of hydrogen-bond acceptors (Lipinski definition) is 9. The fourth-order valence-corrected chi connectivity index (χ4v) is 5.62. The summed E-state index contributed by atoms with van der Waals surface area (Å²) in [6.07, 6.45) is 1.08. The number of carbonyl (C=O) groups is 5. The Morgan fingerprint density at radius 2 is 1.50 bits per heavy atom. The average molecular weight is 665 g/mol. The van der Waals surface area contributed by atoms with Crippen LogP contribution < -0.4 is 10.6 Å². The minimum Gasteiger partial charge on any atom is -0.444 e. The molecule has 4 amide bonds. The lowest BCUT2D eigenvalue weighted by Gasteiger charge is -2.24. The van der Waals surface area contributed by atoms with Crippen molar-refractivity contribution in [1.29, 1.82) is 0 Å². The van der Waals surface area contributed by atoms with Crippen molar-refractivity contribution < 1.29 is 43.7 Å². The van der Waals surface area contributed by atoms with Crippen LogP contribution in [0.3, 0.4) is 0 Å². The minimum absolute atomic E-state index is 0.211. The van der Waals surface area contributed by atoms with Crippen molar-refractivity contribution in [2.45, 2.75) is 71.2 Å². The van der Waals surface area contributed by atoms with E-state index < -0.39 is 29.0 Å². The third-order valence-electron chi connectivity index (χ3n) is 7.85. The molecule has 6 rings (SSSR count). The van der Waals surface area contributed by atoms with E-state index in [0.29, 0.717) is 48.7 Å². The van der Waals surface area contributed by atoms with Gasteiger partial charge in [0, 0.05) is 50.5 Å². The minimum atomic E-state index is -1.08. The van der Waals surface area contributed by atoms with E-state index in [0.717, 1.165) is 30.2 Å². The number of amides is 4. The zero-order valence-electron chi connectivity index (χ0n) is 28.4. The molecule has 1 fully saturated rings. The molecule has 4 heterocycles. The van der Waals surface area contributed by atoms with Crippen molar-refractivity contribution >= 4 is 46.7 Å². The predicted octanol–water partition coefficient (Wildman–Crippen LogP) is 4.46. The van der Waals surface area contributed by atoms with E-state index in [2.05, 4.69) is 10.6 Å². The first kappa shape index (κ1) is 36.1. The van der Waals surface area contributed by atoms with Gasteiger partial charge in [-0.15, -0.1) is 0 Å². The molecule has 2 atom stereocenters. The van der Waals surface area contributed by atoms with Gasteiger partial charge in [-0.2, -0.15) is 0 Å². The summed E-state index contributed by atoms with van der Waals surface area (Å²) in [5.74, 6) is -1.29. The maximum Gasteiger partial charge on any atom is 0.410 e. The zero-order chi connectivity index (χ0) is 35.6. The Morgan fingerprint density at radius 3 is 2.15 bits per heavy atom. The van der Waals surface area contributed by atoms with Gasteiger partial charge in [0.25, 0.3) is 17.6 Å². The van der Waals surface area contributed by atoms with E-state index in [1.165, 1.54) is 0 Å². The molecule has 48 heavy (non-hydrogen) atoms. The van der Waals surface area contributed by atoms with Crippen molar-refractivity contribution in [2.24, 2.45) is 0 Å². The molecule has 0 saturated carbocycles. The number of ether oxygens (including phenoxy) is 2. The molecule has 258 valence electrons. The summed E-state index contributed by atoms with van der Waals surface area (Å²) in [5, 5.41) is 22.0. The Balaban J connectivity index is 0.000000206. The smallest absolute Gasteiger partial charge is 0.410 e. The van der Waals surface area contributed by atoms with Crippen LogP contribution in [0.25, 0.3) is 5.57 Å². The molecule has 2 aromatic carbocycles. The third kappa shape index (κ3) is 8.39. The van der Waals surface area contributed by atoms with Crippen LogP contribution in [-0.2, 0) is 19.1 Å². The van der Waals surface area contributed by atoms with Crippen LogP contribution in [0.15, 0.2) is 42.5 Å². The summed E-state index contributed by atoms with van der Waals surface area (Å²) >= 11 is 0. The van der Waals surface area contributed by atoms with Crippen molar-refractivity contribution in [3.05, 3.63) is 64.7 Å². The first-order valence-electron chi connectivity index (χ1n) is 15.7. The molecule has 4 aliphatic heterocycles. The lowest BCUT2D eigenvalue weighted by molar-refractivity contribution is -0.123. The second-order valence-electron chi connectivity index (χ2n) is 13.8. The van der Waals surface area contributed by atoms with Crippen LogP contribution in [-0.4, -0.2) is 94.3 Å². The van der Waals surface area contributed by atoms with Gasteiger partial charge in [0.2, 0.25) is 0 Å². The van der Waals surface area contributed by atoms with E-state index in [1.54, 1.807) is 34.1 Å². The third-order valence-corrected chi connectivity index (χ3v) is 7.85. The Kier molecular flexibility index (Phi) is 10.6. The number of hydrogen-bond donors (Lipinski definition) is 4. The van der Waals surface area contributed by atoms with Crippen molar-refractivity contribution in [3.63, 3.8) is 0 Å². The highest BCUT2D eigenvalue weighted by molar-refractivity contribution is 6.51. The summed E-state index contributed by atoms with van der Waals surface area (Å²) in [5.41, 5.74) is 4.06. The number of benzene rings is 2. The number of rotatable bonds is 2. The number of ketones is 1. The summed E-state index contributed by atoms with van der Waals surface area (Å²) in [4.78, 5) is 62.0. The molecule has 4 aliphatic rings. The van der Waals surface area contributed by atoms with Crippen molar-refractivity contribution in [2.75, 3.05) is 43.9 Å². The maximum absolute atomic E-state index is 12.1. The highest BCUT2D eigenvalue weighted by Crippen LogP contribution is 2.36. The first-order valence-corrected chi connectivity index (χ1v) is 15.7. The topological polar surface area (TPSA) is 175 Å². The fourth-order valence-electron chi connectivity index (χ4n) is 5.62. The Morgan fingerprint density at radius 1 is 0.854 bits per heavy atom. The van der Waals surface area contributed by atoms with E-state index >= 15 is 0 Å². The second kappa shape index (κ2) is 14.2. The number of Topliss-reactive ketones (excluding diaryl/α,β-unsaturated/α-hetero) is 1. The Hall–Kier alpha value is -4.75. The van der Waals surface area contributed by atoms with Gasteiger partial charge in [0.1, 0.15) is 11.2 Å². The summed E-state index contributed by atoms with van der Waals surface area (Å²) in [7, 11) is 1.00. The molecule has 1 saturated heterocycles. The summed E-state index contributed by atoms with van der Waals surface area (Å²) in [6, 6.07) is 10.8. The molecule has 0 spiro atoms. The van der Waals surface area contributed by atoms with Gasteiger partial charge >= 0.3 is 12.2 Å². The number of carbonyl (C=O) groups excluding carboxylic acids is 5. The van der Waals surface area contributed by atoms with Crippen molar-refractivity contribution in [3.8, 4) is 0 Å². The number of likely N-dealkylation sites (tertiary alicyclic amines) is 1. The van der Waals surface area contributed by atoms with Gasteiger partial charge in [0.05, 0.1) is 11.3 Å². The molecule has 2 aromatic rings. The highest BCUT2D eigenvalue weighted by Gasteiger charge is 2.34. The molecular weight excluding hydrogens is 620 g/mol. The van der Waals surface area contributed by atoms with Crippen LogP contribution >= 0.6 is 0 Å². The monoisotopic (exact) mass is 664 g/mol. The van der Waals surface area contributed by atoms with E-state index in [9.17, 15) is 29.1 Å². The number of nitrogens with zero attached hydrogens (tertiary/aromatic N) is 2. The lowest BCUT2D eigenvalue weighted by Crippen LogP contribution is -2.35. The van der Waals surface area contributed by atoms with E-state index in [4.69, 9.17) is 14.6 Å². The predicted molar refractivity (Wildman–Crippen MR) is 179 cm³/mol. The largest absolute Gasteiger partial charge is 0.444 e. The average Bonchev–Trinajstić information content (AvgIpc) is 3.80. The standard InChI is InChI=1S/C17H22N2O4.C17H18N2O4.CH4O/c2*1-17(2,3)23-16(22)19-7-6-11(9-19)10-4-5-12-13(8-10)18-15(21)14(12)20;1-2/h4-5,8,11,14,20H,6-7,9H2,1-3H3,(H,18,21);4-6,8H,7,9H2,1-3H3,(H,18,20,21);2H,1H3. The Labute approximate surface area is 279 Å². The SMILES string of the molecule is CC(C)(C)OC(=O)N1CC=C(c2ccc3c(c2)NC(=O)C3=O)C1.CC(C)(C)OC(=O)N1CCC(c2ccc3c(c2)NC(=O)C3O)C1.CO.